The number of ether oxygens (including phenoxy) is 1. The molecule has 0 aliphatic heterocycles. The summed E-state index contributed by atoms with van der Waals surface area (Å²) in [6.45, 7) is 4.74. The maximum atomic E-state index is 11.9. The van der Waals surface area contributed by atoms with Gasteiger partial charge in [-0.1, -0.05) is 26.0 Å². The summed E-state index contributed by atoms with van der Waals surface area (Å²) in [6.07, 6.45) is 1.52. The first-order chi connectivity index (χ1) is 10.1. The van der Waals surface area contributed by atoms with Gasteiger partial charge in [0, 0.05) is 12.8 Å². The smallest absolute Gasteiger partial charge is 0.246 e. The van der Waals surface area contributed by atoms with Crippen LogP contribution in [-0.2, 0) is 22.7 Å². The summed E-state index contributed by atoms with van der Waals surface area (Å²) >= 11 is 0. The van der Waals surface area contributed by atoms with E-state index in [4.69, 9.17) is 4.74 Å². The molecule has 6 nitrogen and oxygen atoms in total. The van der Waals surface area contributed by atoms with Gasteiger partial charge in [0.15, 0.2) is 5.82 Å². The molecule has 0 bridgehead atoms. The van der Waals surface area contributed by atoms with E-state index in [0.29, 0.717) is 18.3 Å². The van der Waals surface area contributed by atoms with Crippen LogP contribution in [0.4, 0.5) is 5.69 Å². The number of carbonyl (C=O) groups excluding carboxylic acids is 1. The molecule has 2 rings (SSSR count). The van der Waals surface area contributed by atoms with Gasteiger partial charge in [-0.15, -0.1) is 0 Å². The third-order valence-corrected chi connectivity index (χ3v) is 3.02. The number of carbonyl (C=O) groups is 1. The van der Waals surface area contributed by atoms with Crippen LogP contribution in [0.3, 0.4) is 0 Å². The van der Waals surface area contributed by atoms with Crippen LogP contribution in [0, 0.1) is 0 Å². The van der Waals surface area contributed by atoms with E-state index in [1.807, 2.05) is 24.3 Å². The molecule has 1 aromatic heterocycles. The molecule has 21 heavy (non-hydrogen) atoms. The molecule has 112 valence electrons. The van der Waals surface area contributed by atoms with Gasteiger partial charge in [0.05, 0.1) is 0 Å². The second kappa shape index (κ2) is 6.99. The molecule has 0 radical (unpaired) electrons. The van der Waals surface area contributed by atoms with Crippen LogP contribution in [0.2, 0.25) is 0 Å². The molecule has 0 spiro atoms. The van der Waals surface area contributed by atoms with Gasteiger partial charge in [-0.05, 0) is 23.6 Å². The Morgan fingerprint density at radius 3 is 2.67 bits per heavy atom. The number of amides is 1. The van der Waals surface area contributed by atoms with Crippen molar-refractivity contribution < 1.29 is 9.53 Å². The highest BCUT2D eigenvalue weighted by Crippen LogP contribution is 2.17. The summed E-state index contributed by atoms with van der Waals surface area (Å²) in [5.41, 5.74) is 2.02. The average Bonchev–Trinajstić information content (AvgIpc) is 2.87. The number of hydrogen-bond donors (Lipinski definition) is 1. The lowest BCUT2D eigenvalue weighted by Crippen LogP contribution is -2.19. The molecule has 1 heterocycles. The Hall–Kier alpha value is -2.21. The predicted octanol–water partition coefficient (Wildman–Crippen LogP) is 2.19. The van der Waals surface area contributed by atoms with Crippen LogP contribution in [0.25, 0.3) is 0 Å². The maximum absolute atomic E-state index is 11.9. The molecule has 0 unspecified atom stereocenters. The molecule has 0 aliphatic rings. The summed E-state index contributed by atoms with van der Waals surface area (Å²) < 4.78 is 6.43. The Bertz CT molecular complexity index is 590. The fourth-order valence-electron chi connectivity index (χ4n) is 1.90. The van der Waals surface area contributed by atoms with Gasteiger partial charge in [-0.2, -0.15) is 5.10 Å². The molecule has 1 N–H and O–H groups in total. The Balaban J connectivity index is 1.91. The predicted molar refractivity (Wildman–Crippen MR) is 79.9 cm³/mol. The van der Waals surface area contributed by atoms with E-state index >= 15 is 0 Å². The fourth-order valence-corrected chi connectivity index (χ4v) is 1.90. The van der Waals surface area contributed by atoms with Crippen molar-refractivity contribution in [3.63, 3.8) is 0 Å². The lowest BCUT2D eigenvalue weighted by atomic mass is 10.0. The van der Waals surface area contributed by atoms with Crippen molar-refractivity contribution in [2.45, 2.75) is 32.9 Å². The zero-order valence-corrected chi connectivity index (χ0v) is 12.5. The Labute approximate surface area is 124 Å². The van der Waals surface area contributed by atoms with Gasteiger partial charge in [0.1, 0.15) is 19.5 Å². The molecule has 0 atom stereocenters. The third-order valence-electron chi connectivity index (χ3n) is 3.02. The second-order valence-electron chi connectivity index (χ2n) is 5.12. The van der Waals surface area contributed by atoms with Crippen molar-refractivity contribution >= 4 is 11.6 Å². The molecule has 0 fully saturated rings. The van der Waals surface area contributed by atoms with Crippen molar-refractivity contribution in [1.82, 2.24) is 14.8 Å². The standard InChI is InChI=1S/C15H20N4O2/c1-11(2)12-4-6-13(7-5-12)17-15(20)8-19-10-16-14(18-19)9-21-3/h4-7,10-11H,8-9H2,1-3H3,(H,17,20). The minimum atomic E-state index is -0.138. The van der Waals surface area contributed by atoms with Crippen molar-refractivity contribution in [2.24, 2.45) is 0 Å². The van der Waals surface area contributed by atoms with E-state index in [1.54, 1.807) is 7.11 Å². The zero-order valence-electron chi connectivity index (χ0n) is 12.5. The van der Waals surface area contributed by atoms with E-state index < -0.39 is 0 Å². The molecule has 1 amide bonds. The molecule has 1 aromatic carbocycles. The minimum absolute atomic E-state index is 0.128. The topological polar surface area (TPSA) is 69.0 Å². The molecule has 6 heteroatoms. The van der Waals surface area contributed by atoms with E-state index in [0.717, 1.165) is 5.69 Å². The monoisotopic (exact) mass is 288 g/mol. The SMILES string of the molecule is COCc1ncn(CC(=O)Nc2ccc(C(C)C)cc2)n1. The Morgan fingerprint density at radius 1 is 1.33 bits per heavy atom. The number of nitrogens with zero attached hydrogens (tertiary/aromatic N) is 3. The number of hydrogen-bond acceptors (Lipinski definition) is 4. The summed E-state index contributed by atoms with van der Waals surface area (Å²) in [5.74, 6) is 0.900. The molecule has 0 saturated heterocycles. The number of aromatic nitrogens is 3. The van der Waals surface area contributed by atoms with Crippen molar-refractivity contribution in [2.75, 3.05) is 12.4 Å². The molecule has 0 aliphatic carbocycles. The van der Waals surface area contributed by atoms with Gasteiger partial charge in [-0.25, -0.2) is 9.67 Å². The number of rotatable bonds is 6. The number of methoxy groups -OCH3 is 1. The summed E-state index contributed by atoms with van der Waals surface area (Å²) in [4.78, 5) is 16.0. The highest BCUT2D eigenvalue weighted by molar-refractivity contribution is 5.90. The lowest BCUT2D eigenvalue weighted by molar-refractivity contribution is -0.116. The van der Waals surface area contributed by atoms with Crippen LogP contribution in [-0.4, -0.2) is 27.8 Å². The second-order valence-corrected chi connectivity index (χ2v) is 5.12. The molecule has 2 aromatic rings. The van der Waals surface area contributed by atoms with E-state index in [2.05, 4.69) is 29.2 Å². The van der Waals surface area contributed by atoms with E-state index in [-0.39, 0.29) is 12.5 Å². The number of nitrogens with one attached hydrogen (secondary N) is 1. The Kier molecular flexibility index (Phi) is 5.05. The van der Waals surface area contributed by atoms with Crippen molar-refractivity contribution in [1.29, 1.82) is 0 Å². The summed E-state index contributed by atoms with van der Waals surface area (Å²) in [6, 6.07) is 7.86. The summed E-state index contributed by atoms with van der Waals surface area (Å²) in [7, 11) is 1.58. The van der Waals surface area contributed by atoms with Crippen molar-refractivity contribution in [3.8, 4) is 0 Å². The lowest BCUT2D eigenvalue weighted by Gasteiger charge is -2.08. The first kappa shape index (κ1) is 15.2. The molecular weight excluding hydrogens is 268 g/mol. The average molecular weight is 288 g/mol. The summed E-state index contributed by atoms with van der Waals surface area (Å²) in [5, 5.41) is 6.98. The molecule has 0 saturated carbocycles. The zero-order chi connectivity index (χ0) is 15.2. The van der Waals surface area contributed by atoms with Crippen LogP contribution in [0.1, 0.15) is 31.2 Å². The first-order valence-corrected chi connectivity index (χ1v) is 6.85. The van der Waals surface area contributed by atoms with Crippen LogP contribution in [0.15, 0.2) is 30.6 Å². The van der Waals surface area contributed by atoms with Crippen LogP contribution in [0.5, 0.6) is 0 Å². The van der Waals surface area contributed by atoms with E-state index in [1.165, 1.54) is 16.6 Å². The van der Waals surface area contributed by atoms with Crippen LogP contribution >= 0.6 is 0 Å². The normalized spacial score (nSPS) is 10.9. The highest BCUT2D eigenvalue weighted by Gasteiger charge is 2.07. The quantitative estimate of drug-likeness (QED) is 0.884. The highest BCUT2D eigenvalue weighted by atomic mass is 16.5. The largest absolute Gasteiger partial charge is 0.377 e. The van der Waals surface area contributed by atoms with Gasteiger partial charge in [-0.3, -0.25) is 4.79 Å². The van der Waals surface area contributed by atoms with Gasteiger partial charge in [0.25, 0.3) is 0 Å². The van der Waals surface area contributed by atoms with Gasteiger partial charge < -0.3 is 10.1 Å². The number of benzene rings is 1. The third kappa shape index (κ3) is 4.39. The molecular formula is C15H20N4O2. The maximum Gasteiger partial charge on any atom is 0.246 e. The first-order valence-electron chi connectivity index (χ1n) is 6.85. The minimum Gasteiger partial charge on any atom is -0.377 e. The fraction of sp³-hybridized carbons (Fsp3) is 0.400. The Morgan fingerprint density at radius 2 is 2.05 bits per heavy atom. The van der Waals surface area contributed by atoms with Crippen LogP contribution < -0.4 is 5.32 Å². The number of anilines is 1. The van der Waals surface area contributed by atoms with Gasteiger partial charge >= 0.3 is 0 Å². The van der Waals surface area contributed by atoms with Crippen molar-refractivity contribution in [3.05, 3.63) is 42.0 Å². The van der Waals surface area contributed by atoms with E-state index in [9.17, 15) is 4.79 Å². The van der Waals surface area contributed by atoms with Gasteiger partial charge in [0.2, 0.25) is 5.91 Å².